The molecule has 1 aromatic heterocycles. The lowest BCUT2D eigenvalue weighted by molar-refractivity contribution is -0.137. The fourth-order valence-corrected chi connectivity index (χ4v) is 4.33. The number of carbonyl (C=O) groups is 1. The van der Waals surface area contributed by atoms with Gasteiger partial charge in [-0.25, -0.2) is 4.39 Å². The zero-order valence-corrected chi connectivity index (χ0v) is 19.3. The standard InChI is InChI=1S/C25H20F4N4OS/c1-16-6-4-9-19(12-16)33-22(14-30-23(34)20-10-2-3-11-21(20)26)31-32-24(33)35-15-17-7-5-8-18(13-17)25(27,28)29/h2-13H,14-15H2,1H3,(H,30,34). The van der Waals surface area contributed by atoms with Crippen molar-refractivity contribution in [2.24, 2.45) is 0 Å². The Labute approximate surface area is 203 Å². The Bertz CT molecular complexity index is 1350. The first kappa shape index (κ1) is 24.5. The Hall–Kier alpha value is -3.66. The summed E-state index contributed by atoms with van der Waals surface area (Å²) in [5.41, 5.74) is 1.39. The zero-order chi connectivity index (χ0) is 25.0. The second-order valence-electron chi connectivity index (χ2n) is 7.72. The van der Waals surface area contributed by atoms with Crippen LogP contribution in [-0.2, 0) is 18.5 Å². The van der Waals surface area contributed by atoms with E-state index < -0.39 is 23.5 Å². The summed E-state index contributed by atoms with van der Waals surface area (Å²) in [5, 5.41) is 11.5. The smallest absolute Gasteiger partial charge is 0.345 e. The molecule has 0 aliphatic rings. The van der Waals surface area contributed by atoms with Gasteiger partial charge in [-0.3, -0.25) is 9.36 Å². The summed E-state index contributed by atoms with van der Waals surface area (Å²) < 4.78 is 54.9. The minimum atomic E-state index is -4.42. The lowest BCUT2D eigenvalue weighted by Gasteiger charge is -2.12. The normalized spacial score (nSPS) is 11.5. The first-order valence-electron chi connectivity index (χ1n) is 10.6. The van der Waals surface area contributed by atoms with Crippen LogP contribution in [0.5, 0.6) is 0 Å². The minimum Gasteiger partial charge on any atom is -0.345 e. The number of alkyl halides is 3. The third-order valence-corrected chi connectivity index (χ3v) is 6.11. The topological polar surface area (TPSA) is 59.8 Å². The first-order chi connectivity index (χ1) is 16.7. The summed E-state index contributed by atoms with van der Waals surface area (Å²) in [4.78, 5) is 12.5. The molecular weight excluding hydrogens is 480 g/mol. The van der Waals surface area contributed by atoms with E-state index in [-0.39, 0.29) is 17.9 Å². The molecule has 180 valence electrons. The third kappa shape index (κ3) is 5.89. The minimum absolute atomic E-state index is 0.0295. The molecule has 3 aromatic carbocycles. The quantitative estimate of drug-likeness (QED) is 0.251. The number of aromatic nitrogens is 3. The average molecular weight is 501 g/mol. The van der Waals surface area contributed by atoms with Gasteiger partial charge in [-0.2, -0.15) is 13.2 Å². The van der Waals surface area contributed by atoms with E-state index in [0.717, 1.165) is 23.4 Å². The van der Waals surface area contributed by atoms with Crippen molar-refractivity contribution in [3.05, 3.63) is 107 Å². The largest absolute Gasteiger partial charge is 0.416 e. The molecule has 0 saturated carbocycles. The molecule has 10 heteroatoms. The summed E-state index contributed by atoms with van der Waals surface area (Å²) >= 11 is 1.22. The van der Waals surface area contributed by atoms with E-state index in [2.05, 4.69) is 15.5 Å². The van der Waals surface area contributed by atoms with Crippen molar-refractivity contribution in [2.75, 3.05) is 0 Å². The Morgan fingerprint density at radius 3 is 2.51 bits per heavy atom. The van der Waals surface area contributed by atoms with E-state index >= 15 is 0 Å². The van der Waals surface area contributed by atoms with Crippen LogP contribution in [0.15, 0.2) is 78.0 Å². The number of amides is 1. The van der Waals surface area contributed by atoms with Crippen LogP contribution in [0.4, 0.5) is 17.6 Å². The van der Waals surface area contributed by atoms with Crippen molar-refractivity contribution in [1.29, 1.82) is 0 Å². The van der Waals surface area contributed by atoms with Crippen LogP contribution in [0.1, 0.15) is 32.9 Å². The molecule has 4 aromatic rings. The summed E-state index contributed by atoms with van der Waals surface area (Å²) in [6.45, 7) is 1.89. The van der Waals surface area contributed by atoms with E-state index in [1.54, 1.807) is 16.7 Å². The molecule has 1 N–H and O–H groups in total. The molecule has 0 aliphatic heterocycles. The number of carbonyl (C=O) groups excluding carboxylic acids is 1. The molecule has 1 amide bonds. The second-order valence-corrected chi connectivity index (χ2v) is 8.67. The molecule has 35 heavy (non-hydrogen) atoms. The molecular formula is C25H20F4N4OS. The molecule has 0 atom stereocenters. The molecule has 0 bridgehead atoms. The van der Waals surface area contributed by atoms with Gasteiger partial charge in [0.25, 0.3) is 5.91 Å². The van der Waals surface area contributed by atoms with Crippen LogP contribution in [0.3, 0.4) is 0 Å². The van der Waals surface area contributed by atoms with Crippen molar-refractivity contribution < 1.29 is 22.4 Å². The van der Waals surface area contributed by atoms with Gasteiger partial charge in [0.2, 0.25) is 0 Å². The van der Waals surface area contributed by atoms with Gasteiger partial charge in [0.05, 0.1) is 17.7 Å². The lowest BCUT2D eigenvalue weighted by Crippen LogP contribution is -2.25. The monoisotopic (exact) mass is 500 g/mol. The summed E-state index contributed by atoms with van der Waals surface area (Å²) in [6, 6.07) is 18.3. The van der Waals surface area contributed by atoms with Crippen molar-refractivity contribution in [1.82, 2.24) is 20.1 Å². The molecule has 0 fully saturated rings. The molecule has 4 rings (SSSR count). The van der Waals surface area contributed by atoms with Gasteiger partial charge in [-0.15, -0.1) is 10.2 Å². The van der Waals surface area contributed by atoms with Gasteiger partial charge in [-0.05, 0) is 48.4 Å². The molecule has 5 nitrogen and oxygen atoms in total. The summed E-state index contributed by atoms with van der Waals surface area (Å²) in [6.07, 6.45) is -4.42. The predicted molar refractivity (Wildman–Crippen MR) is 125 cm³/mol. The molecule has 0 unspecified atom stereocenters. The van der Waals surface area contributed by atoms with Crippen LogP contribution < -0.4 is 5.32 Å². The number of benzene rings is 3. The summed E-state index contributed by atoms with van der Waals surface area (Å²) in [5.74, 6) is -0.607. The van der Waals surface area contributed by atoms with Crippen LogP contribution in [0.25, 0.3) is 5.69 Å². The number of hydrogen-bond donors (Lipinski definition) is 1. The maximum Gasteiger partial charge on any atom is 0.416 e. The molecule has 0 aliphatic carbocycles. The third-order valence-electron chi connectivity index (χ3n) is 5.11. The van der Waals surface area contributed by atoms with Crippen molar-refractivity contribution >= 4 is 17.7 Å². The van der Waals surface area contributed by atoms with Crippen molar-refractivity contribution in [2.45, 2.75) is 30.6 Å². The fraction of sp³-hybridized carbons (Fsp3) is 0.160. The van der Waals surface area contributed by atoms with Crippen LogP contribution >= 0.6 is 11.8 Å². The Kier molecular flexibility index (Phi) is 7.20. The molecule has 0 saturated heterocycles. The zero-order valence-electron chi connectivity index (χ0n) is 18.5. The van der Waals surface area contributed by atoms with Gasteiger partial charge in [0, 0.05) is 11.4 Å². The Morgan fingerprint density at radius 2 is 1.77 bits per heavy atom. The fourth-order valence-electron chi connectivity index (χ4n) is 3.42. The highest BCUT2D eigenvalue weighted by atomic mass is 32.2. The van der Waals surface area contributed by atoms with Crippen molar-refractivity contribution in [3.63, 3.8) is 0 Å². The number of nitrogens with one attached hydrogen (secondary N) is 1. The van der Waals surface area contributed by atoms with Gasteiger partial charge in [0.15, 0.2) is 11.0 Å². The number of rotatable bonds is 7. The summed E-state index contributed by atoms with van der Waals surface area (Å²) in [7, 11) is 0. The predicted octanol–water partition coefficient (Wildman–Crippen LogP) is 5.96. The number of nitrogens with zero attached hydrogens (tertiary/aromatic N) is 3. The maximum atomic E-state index is 14.0. The maximum absolute atomic E-state index is 14.0. The van der Waals surface area contributed by atoms with Gasteiger partial charge in [0.1, 0.15) is 5.82 Å². The SMILES string of the molecule is Cc1cccc(-n2c(CNC(=O)c3ccccc3F)nnc2SCc2cccc(C(F)(F)F)c2)c1. The molecule has 1 heterocycles. The first-order valence-corrected chi connectivity index (χ1v) is 11.5. The Balaban J connectivity index is 1.58. The van der Waals surface area contributed by atoms with Crippen LogP contribution in [0.2, 0.25) is 0 Å². The molecule has 0 spiro atoms. The number of thioether (sulfide) groups is 1. The van der Waals surface area contributed by atoms with Gasteiger partial charge in [-0.1, -0.05) is 54.2 Å². The highest BCUT2D eigenvalue weighted by Gasteiger charge is 2.30. The van der Waals surface area contributed by atoms with Crippen molar-refractivity contribution in [3.8, 4) is 5.69 Å². The van der Waals surface area contributed by atoms with E-state index in [1.165, 1.54) is 36.0 Å². The number of halogens is 4. The molecule has 0 radical (unpaired) electrons. The van der Waals surface area contributed by atoms with E-state index in [9.17, 15) is 22.4 Å². The highest BCUT2D eigenvalue weighted by Crippen LogP contribution is 2.31. The highest BCUT2D eigenvalue weighted by molar-refractivity contribution is 7.98. The average Bonchev–Trinajstić information content (AvgIpc) is 3.24. The van der Waals surface area contributed by atoms with Gasteiger partial charge >= 0.3 is 6.18 Å². The second kappa shape index (κ2) is 10.3. The van der Waals surface area contributed by atoms with Gasteiger partial charge < -0.3 is 5.32 Å². The lowest BCUT2D eigenvalue weighted by atomic mass is 10.1. The van der Waals surface area contributed by atoms with E-state index in [1.807, 2.05) is 31.2 Å². The van der Waals surface area contributed by atoms with E-state index in [0.29, 0.717) is 16.5 Å². The van der Waals surface area contributed by atoms with Crippen LogP contribution in [0, 0.1) is 12.7 Å². The Morgan fingerprint density at radius 1 is 1.00 bits per heavy atom. The number of aryl methyl sites for hydroxylation is 1. The number of hydrogen-bond acceptors (Lipinski definition) is 4. The van der Waals surface area contributed by atoms with Crippen LogP contribution in [-0.4, -0.2) is 20.7 Å². The van der Waals surface area contributed by atoms with E-state index in [4.69, 9.17) is 0 Å².